The van der Waals surface area contributed by atoms with Gasteiger partial charge in [0, 0.05) is 38.2 Å². The number of carboxylic acid groups (broad SMARTS) is 1. The summed E-state index contributed by atoms with van der Waals surface area (Å²) in [6.45, 7) is 3.34. The van der Waals surface area contributed by atoms with Gasteiger partial charge in [0.2, 0.25) is 0 Å². The van der Waals surface area contributed by atoms with Crippen LogP contribution in [0.4, 0.5) is 0 Å². The molecule has 14 heteroatoms. The normalized spacial score (nSPS) is 47.2. The minimum atomic E-state index is -2.10. The molecule has 4 aliphatic heterocycles. The maximum absolute atomic E-state index is 12.3. The van der Waals surface area contributed by atoms with E-state index in [2.05, 4.69) is 0 Å². The van der Waals surface area contributed by atoms with Gasteiger partial charge in [0.15, 0.2) is 12.1 Å². The van der Waals surface area contributed by atoms with Gasteiger partial charge in [0.05, 0.1) is 48.8 Å². The lowest BCUT2D eigenvalue weighted by Crippen LogP contribution is -2.61. The maximum atomic E-state index is 12.3. The van der Waals surface area contributed by atoms with Crippen LogP contribution in [0.2, 0.25) is 0 Å². The zero-order valence-corrected chi connectivity index (χ0v) is 26.4. The fourth-order valence-corrected chi connectivity index (χ4v) is 6.00. The molecule has 0 radical (unpaired) electrons. The number of carbonyl (C=O) groups is 2. The standard InChI is InChI=1S/C33H47NO13/c1-18-10-8-6-4-3-5-7-9-11-21(45-32-30(39)28(34)29(38)19(2)44-32)15-25-27(31(40)41)22(36)17-33(42,47-25)16-20(35)14-24-23(46-24)12-13-26(37)43-18/h3-9,11-13,18-25,27-30,32,35-36,38-39,42H,10,14-17,34H2,1-2H3,(H,40,41)/b4-3+,7-5+,8-6-,11-9-,13-12+/t18-,19-,20+,21+,22+,23-,24-,25+,27-,28+,29-,30+,32+,33-/m1/s1. The molecular formula is C33H47NO13. The first-order valence-corrected chi connectivity index (χ1v) is 15.9. The molecule has 4 heterocycles. The highest BCUT2D eigenvalue weighted by Crippen LogP contribution is 2.39. The molecule has 0 aromatic carbocycles. The average molecular weight is 666 g/mol. The van der Waals surface area contributed by atoms with Gasteiger partial charge in [-0.25, -0.2) is 4.79 Å². The molecular weight excluding hydrogens is 618 g/mol. The smallest absolute Gasteiger partial charge is 0.330 e. The molecule has 14 nitrogen and oxygen atoms in total. The third kappa shape index (κ3) is 10.6. The molecule has 0 saturated carbocycles. The van der Waals surface area contributed by atoms with Crippen molar-refractivity contribution in [1.82, 2.24) is 0 Å². The number of allylic oxidation sites excluding steroid dienone is 6. The molecule has 3 saturated heterocycles. The number of aliphatic carboxylic acids is 1. The van der Waals surface area contributed by atoms with Crippen LogP contribution in [-0.2, 0) is 33.3 Å². The fourth-order valence-electron chi connectivity index (χ4n) is 6.00. The summed E-state index contributed by atoms with van der Waals surface area (Å²) >= 11 is 0. The molecule has 0 aromatic rings. The Morgan fingerprint density at radius 3 is 2.36 bits per heavy atom. The Morgan fingerprint density at radius 2 is 1.64 bits per heavy atom. The summed E-state index contributed by atoms with van der Waals surface area (Å²) in [5.41, 5.74) is 5.98. The predicted octanol–water partition coefficient (Wildman–Crippen LogP) is 0.120. The number of hydrogen-bond donors (Lipinski definition) is 7. The Labute approximate surface area is 273 Å². The van der Waals surface area contributed by atoms with Gasteiger partial charge in [-0.1, -0.05) is 48.6 Å². The zero-order chi connectivity index (χ0) is 34.3. The van der Waals surface area contributed by atoms with Gasteiger partial charge < -0.3 is 60.1 Å². The second-order valence-corrected chi connectivity index (χ2v) is 12.6. The Balaban J connectivity index is 1.58. The number of ether oxygens (including phenoxy) is 5. The van der Waals surface area contributed by atoms with Crippen LogP contribution in [0.5, 0.6) is 0 Å². The first-order valence-electron chi connectivity index (χ1n) is 15.9. The van der Waals surface area contributed by atoms with E-state index in [-0.39, 0.29) is 25.4 Å². The Bertz CT molecular complexity index is 1220. The van der Waals surface area contributed by atoms with Crippen molar-refractivity contribution in [2.75, 3.05) is 0 Å². The lowest BCUT2D eigenvalue weighted by atomic mass is 9.83. The van der Waals surface area contributed by atoms with E-state index in [0.29, 0.717) is 6.42 Å². The van der Waals surface area contributed by atoms with E-state index in [1.54, 1.807) is 56.4 Å². The van der Waals surface area contributed by atoms with Crippen LogP contribution in [0.15, 0.2) is 60.8 Å². The second kappa shape index (κ2) is 16.6. The number of fused-ring (bicyclic) bond motifs is 3. The van der Waals surface area contributed by atoms with Crippen molar-refractivity contribution in [3.05, 3.63) is 60.8 Å². The molecule has 3 fully saturated rings. The number of carboxylic acids is 1. The van der Waals surface area contributed by atoms with E-state index in [1.807, 2.05) is 6.08 Å². The molecule has 0 aliphatic carbocycles. The van der Waals surface area contributed by atoms with Crippen molar-refractivity contribution in [2.45, 2.75) is 125 Å². The van der Waals surface area contributed by atoms with Gasteiger partial charge in [0.25, 0.3) is 0 Å². The van der Waals surface area contributed by atoms with E-state index in [1.165, 1.54) is 12.2 Å². The number of epoxide rings is 1. The van der Waals surface area contributed by atoms with Gasteiger partial charge in [-0.05, 0) is 19.9 Å². The van der Waals surface area contributed by atoms with E-state index in [4.69, 9.17) is 29.4 Å². The summed E-state index contributed by atoms with van der Waals surface area (Å²) in [4.78, 5) is 24.4. The van der Waals surface area contributed by atoms with Gasteiger partial charge in [0.1, 0.15) is 24.2 Å². The van der Waals surface area contributed by atoms with Crippen LogP contribution >= 0.6 is 0 Å². The van der Waals surface area contributed by atoms with E-state index >= 15 is 0 Å². The molecule has 4 aliphatic rings. The Hall–Kier alpha value is -2.76. The van der Waals surface area contributed by atoms with Crippen LogP contribution in [0.1, 0.15) is 46.0 Å². The molecule has 47 heavy (non-hydrogen) atoms. The minimum Gasteiger partial charge on any atom is -0.481 e. The number of cyclic esters (lactones) is 1. The molecule has 2 bridgehead atoms. The highest BCUT2D eigenvalue weighted by molar-refractivity contribution is 5.82. The third-order valence-electron chi connectivity index (χ3n) is 8.58. The topological polar surface area (TPSA) is 231 Å². The van der Waals surface area contributed by atoms with Gasteiger partial charge in [-0.15, -0.1) is 0 Å². The van der Waals surface area contributed by atoms with Crippen LogP contribution in [-0.4, -0.2) is 122 Å². The number of aliphatic hydroxyl groups excluding tert-OH is 4. The summed E-state index contributed by atoms with van der Waals surface area (Å²) in [7, 11) is 0. The monoisotopic (exact) mass is 665 g/mol. The highest BCUT2D eigenvalue weighted by atomic mass is 16.7. The molecule has 262 valence electrons. The number of nitrogens with two attached hydrogens (primary N) is 1. The summed E-state index contributed by atoms with van der Waals surface area (Å²) in [5.74, 6) is -5.45. The minimum absolute atomic E-state index is 0.0789. The summed E-state index contributed by atoms with van der Waals surface area (Å²) < 4.78 is 28.5. The fraction of sp³-hybridized carbons (Fsp3) is 0.636. The van der Waals surface area contributed by atoms with Crippen molar-refractivity contribution in [1.29, 1.82) is 0 Å². The SMILES string of the molecule is C[C@@H]1C\C=C/C=C/C=C/C=C\[C@H](O[C@@H]2O[C@H](C)[C@@H](O)[C@H](N)[C@@H]2O)C[C@@H]2O[C@](O)(C[C@@H](O)C[C@H]3O[C@@H]3/C=C/C(=O)O1)C[C@H](O)[C@H]2C(=O)O. The van der Waals surface area contributed by atoms with E-state index in [0.717, 1.165) is 0 Å². The summed E-state index contributed by atoms with van der Waals surface area (Å²) in [6, 6.07) is -1.08. The van der Waals surface area contributed by atoms with E-state index < -0.39 is 97.3 Å². The number of hydrogen-bond acceptors (Lipinski definition) is 13. The second-order valence-electron chi connectivity index (χ2n) is 12.6. The maximum Gasteiger partial charge on any atom is 0.330 e. The largest absolute Gasteiger partial charge is 0.481 e. The van der Waals surface area contributed by atoms with Crippen LogP contribution < -0.4 is 5.73 Å². The molecule has 0 aromatic heterocycles. The number of carbonyl (C=O) groups excluding carboxylic acids is 1. The molecule has 0 amide bonds. The predicted molar refractivity (Wildman–Crippen MR) is 165 cm³/mol. The lowest BCUT2D eigenvalue weighted by Gasteiger charge is -2.45. The van der Waals surface area contributed by atoms with Crippen molar-refractivity contribution < 1.29 is 63.9 Å². The van der Waals surface area contributed by atoms with Crippen LogP contribution in [0.3, 0.4) is 0 Å². The van der Waals surface area contributed by atoms with Gasteiger partial charge in [-0.2, -0.15) is 0 Å². The van der Waals surface area contributed by atoms with Crippen molar-refractivity contribution in [3.63, 3.8) is 0 Å². The average Bonchev–Trinajstić information content (AvgIpc) is 3.72. The number of esters is 1. The van der Waals surface area contributed by atoms with Crippen molar-refractivity contribution in [2.24, 2.45) is 11.7 Å². The Morgan fingerprint density at radius 1 is 0.936 bits per heavy atom. The van der Waals surface area contributed by atoms with Crippen LogP contribution in [0.25, 0.3) is 0 Å². The van der Waals surface area contributed by atoms with Crippen molar-refractivity contribution >= 4 is 11.9 Å². The zero-order valence-electron chi connectivity index (χ0n) is 26.4. The molecule has 14 atom stereocenters. The summed E-state index contributed by atoms with van der Waals surface area (Å²) in [5, 5.41) is 63.9. The molecule has 4 rings (SSSR count). The van der Waals surface area contributed by atoms with E-state index in [9.17, 15) is 40.2 Å². The van der Waals surface area contributed by atoms with Gasteiger partial charge >= 0.3 is 11.9 Å². The van der Waals surface area contributed by atoms with Crippen LogP contribution in [0, 0.1) is 5.92 Å². The molecule has 0 spiro atoms. The highest BCUT2D eigenvalue weighted by Gasteiger charge is 2.51. The first kappa shape index (κ1) is 37.1. The molecule has 0 unspecified atom stereocenters. The first-order chi connectivity index (χ1) is 22.3. The van der Waals surface area contributed by atoms with Crippen molar-refractivity contribution in [3.8, 4) is 0 Å². The quantitative estimate of drug-likeness (QED) is 0.157. The van der Waals surface area contributed by atoms with Gasteiger partial charge in [-0.3, -0.25) is 4.79 Å². The third-order valence-corrected chi connectivity index (χ3v) is 8.58. The molecule has 8 N–H and O–H groups in total. The number of rotatable bonds is 3. The number of aliphatic hydroxyl groups is 5. The Kier molecular flexibility index (Phi) is 13.1. The lowest BCUT2D eigenvalue weighted by molar-refractivity contribution is -0.308. The summed E-state index contributed by atoms with van der Waals surface area (Å²) in [6.07, 6.45) is 5.25.